The van der Waals surface area contributed by atoms with Crippen molar-refractivity contribution in [3.05, 3.63) is 167 Å². The Bertz CT molecular complexity index is 4140. The number of hydrogen-bond donors (Lipinski definition) is 0. The zero-order valence-electron chi connectivity index (χ0n) is 56.5. The molecule has 12 heteroatoms. The summed E-state index contributed by atoms with van der Waals surface area (Å²) in [6.45, 7) is 27.0. The van der Waals surface area contributed by atoms with Gasteiger partial charge in [-0.3, -0.25) is 19.6 Å². The first kappa shape index (κ1) is 63.4. The van der Waals surface area contributed by atoms with Gasteiger partial charge in [0.05, 0.1) is 44.1 Å². The molecule has 4 atom stereocenters. The van der Waals surface area contributed by atoms with E-state index >= 15 is 0 Å². The first-order chi connectivity index (χ1) is 44.8. The Balaban J connectivity index is 0.000000108. The Morgan fingerprint density at radius 2 is 0.602 bits per heavy atom. The van der Waals surface area contributed by atoms with Crippen molar-refractivity contribution in [1.29, 1.82) is 0 Å². The fraction of sp³-hybridized carbons (Fsp3) is 0.506. The standard InChI is InChI=1S/2C23H27N3.2C17H23N3.CH4/c1-16-6-8-18(9-7-16)19-10-11-22-21(14-19)24-23-12-13-25(20-4-3-5-20)17(2)15-26(22)23;1-16-6-8-18(9-7-16)19-10-11-22-21(15-19)24-23-14-17(2)25(12-13-26(22)23)20-4-3-5-20;1-12-6-7-16-15(10-12)18-17-11-13(2)19(8-9-20(16)17)14-4-3-5-14;1-12-6-7-16-15(10-12)18-17-8-9-19(14-4-3-5-14)13(2)11-20(16)17;/h6-11,14,17,20H,3-5,12-13,15H2,1-2H3;6-11,15,17,20H,3-5,12-14H2,1-2H3;2*6-7,10,13-14H,3-5,8-9,11H2,1-2H3;1H4. The molecule has 0 N–H and O–H groups in total. The minimum atomic E-state index is 0. The van der Waals surface area contributed by atoms with Gasteiger partial charge >= 0.3 is 0 Å². The quantitative estimate of drug-likeness (QED) is 0.163. The summed E-state index contributed by atoms with van der Waals surface area (Å²) in [5, 5.41) is 0. The van der Waals surface area contributed by atoms with E-state index in [1.165, 1.54) is 191 Å². The van der Waals surface area contributed by atoms with Gasteiger partial charge in [0.25, 0.3) is 0 Å². The zero-order valence-corrected chi connectivity index (χ0v) is 56.5. The smallest absolute Gasteiger partial charge is 0.111 e. The fourth-order valence-electron chi connectivity index (χ4n) is 16.7. The topological polar surface area (TPSA) is 84.2 Å². The Kier molecular flexibility index (Phi) is 18.4. The molecule has 4 aliphatic heterocycles. The predicted molar refractivity (Wildman–Crippen MR) is 386 cm³/mol. The van der Waals surface area contributed by atoms with Crippen LogP contribution in [-0.4, -0.2) is 132 Å². The van der Waals surface area contributed by atoms with Crippen molar-refractivity contribution in [2.45, 2.75) is 240 Å². The van der Waals surface area contributed by atoms with E-state index in [1.807, 2.05) is 0 Å². The Hall–Kier alpha value is -6.96. The van der Waals surface area contributed by atoms with Crippen LogP contribution in [0.25, 0.3) is 66.4 Å². The molecule has 0 spiro atoms. The van der Waals surface area contributed by atoms with Crippen LogP contribution in [0.2, 0.25) is 0 Å². The molecule has 12 nitrogen and oxygen atoms in total. The van der Waals surface area contributed by atoms with Gasteiger partial charge in [-0.25, -0.2) is 19.9 Å². The van der Waals surface area contributed by atoms with Crippen LogP contribution in [0.1, 0.15) is 158 Å². The van der Waals surface area contributed by atoms with Crippen molar-refractivity contribution >= 4 is 44.1 Å². The number of rotatable bonds is 6. The van der Waals surface area contributed by atoms with E-state index < -0.39 is 0 Å². The highest BCUT2D eigenvalue weighted by molar-refractivity contribution is 5.84. The average Bonchev–Trinajstić information content (AvgIpc) is 2.07. The maximum Gasteiger partial charge on any atom is 0.111 e. The lowest BCUT2D eigenvalue weighted by Gasteiger charge is -2.40. The first-order valence-electron chi connectivity index (χ1n) is 35.9. The Labute approximate surface area is 554 Å². The SMILES string of the molecule is C.Cc1ccc(-c2ccc3c(c2)nc2n3CC(C)N(C3CCC3)CC2)cc1.Cc1ccc(-c2ccc3c(c2)nc2n3CCN(C3CCC3)C(C)C2)cc1.Cc1ccc2c(c1)nc1n2CC(C)N(C2CCC2)CC1.Cc1ccc2c(c1)nc1n2CCN(C2CCC2)C(C)C1. The minimum absolute atomic E-state index is 0. The number of hydrogen-bond acceptors (Lipinski definition) is 8. The van der Waals surface area contributed by atoms with Crippen LogP contribution in [0.4, 0.5) is 0 Å². The monoisotopic (exact) mass is 1240 g/mol. The van der Waals surface area contributed by atoms with E-state index in [1.54, 1.807) is 0 Å². The number of benzene rings is 6. The van der Waals surface area contributed by atoms with Crippen molar-refractivity contribution in [1.82, 2.24) is 57.8 Å². The van der Waals surface area contributed by atoms with Gasteiger partial charge in [-0.2, -0.15) is 0 Å². The predicted octanol–water partition coefficient (Wildman–Crippen LogP) is 16.5. The molecule has 18 rings (SSSR count). The van der Waals surface area contributed by atoms with E-state index in [4.69, 9.17) is 19.9 Å². The Morgan fingerprint density at radius 1 is 0.301 bits per heavy atom. The molecule has 4 saturated carbocycles. The number of aryl methyl sites for hydroxylation is 4. The molecular weight excluding hydrogens is 1140 g/mol. The molecule has 10 aromatic rings. The van der Waals surface area contributed by atoms with Crippen molar-refractivity contribution < 1.29 is 0 Å². The van der Waals surface area contributed by atoms with Gasteiger partial charge < -0.3 is 18.3 Å². The summed E-state index contributed by atoms with van der Waals surface area (Å²) in [5.41, 5.74) is 20.1. The maximum atomic E-state index is 5.04. The molecule has 0 amide bonds. The second kappa shape index (κ2) is 27.0. The third-order valence-electron chi connectivity index (χ3n) is 23.0. The molecule has 6 aromatic carbocycles. The number of imidazole rings is 4. The lowest BCUT2D eigenvalue weighted by atomic mass is 9.90. The lowest BCUT2D eigenvalue weighted by Crippen LogP contribution is -2.46. The molecule has 4 aliphatic carbocycles. The summed E-state index contributed by atoms with van der Waals surface area (Å²) in [4.78, 5) is 30.7. The van der Waals surface area contributed by atoms with Crippen molar-refractivity contribution in [3.8, 4) is 22.3 Å². The summed E-state index contributed by atoms with van der Waals surface area (Å²) in [6.07, 6.45) is 21.1. The van der Waals surface area contributed by atoms with E-state index in [0.29, 0.717) is 24.2 Å². The fourth-order valence-corrected chi connectivity index (χ4v) is 16.7. The van der Waals surface area contributed by atoms with Crippen LogP contribution in [0.15, 0.2) is 121 Å². The van der Waals surface area contributed by atoms with Crippen LogP contribution in [-0.2, 0) is 51.9 Å². The van der Waals surface area contributed by atoms with Gasteiger partial charge in [0.15, 0.2) is 0 Å². The van der Waals surface area contributed by atoms with Gasteiger partial charge in [-0.05, 0) is 189 Å². The highest BCUT2D eigenvalue weighted by atomic mass is 15.3. The molecule has 4 unspecified atom stereocenters. The molecule has 4 aromatic heterocycles. The highest BCUT2D eigenvalue weighted by Gasteiger charge is 2.36. The molecule has 8 heterocycles. The van der Waals surface area contributed by atoms with Crippen LogP contribution in [0, 0.1) is 27.7 Å². The van der Waals surface area contributed by atoms with E-state index in [2.05, 4.69) is 215 Å². The van der Waals surface area contributed by atoms with Crippen LogP contribution >= 0.6 is 0 Å². The summed E-state index contributed by atoms with van der Waals surface area (Å²) in [7, 11) is 0. The Morgan fingerprint density at radius 3 is 0.957 bits per heavy atom. The van der Waals surface area contributed by atoms with Crippen LogP contribution < -0.4 is 0 Å². The maximum absolute atomic E-state index is 5.04. The van der Waals surface area contributed by atoms with Crippen LogP contribution in [0.5, 0.6) is 0 Å². The van der Waals surface area contributed by atoms with Gasteiger partial charge in [-0.15, -0.1) is 0 Å². The summed E-state index contributed by atoms with van der Waals surface area (Å²) >= 11 is 0. The van der Waals surface area contributed by atoms with Crippen LogP contribution in [0.3, 0.4) is 0 Å². The molecule has 488 valence electrons. The zero-order chi connectivity index (χ0) is 62.7. The number of nitrogens with zero attached hydrogens (tertiary/aromatic N) is 12. The average molecular weight is 1250 g/mol. The molecule has 93 heavy (non-hydrogen) atoms. The van der Waals surface area contributed by atoms with Gasteiger partial charge in [-0.1, -0.05) is 117 Å². The van der Waals surface area contributed by atoms with Gasteiger partial charge in [0.1, 0.15) is 23.3 Å². The molecule has 0 saturated heterocycles. The highest BCUT2D eigenvalue weighted by Crippen LogP contribution is 2.36. The van der Waals surface area contributed by atoms with Gasteiger partial charge in [0, 0.05) is 126 Å². The van der Waals surface area contributed by atoms with Crippen molar-refractivity contribution in [2.75, 3.05) is 26.2 Å². The molecule has 8 aliphatic rings. The molecular formula is C81H104N12. The van der Waals surface area contributed by atoms with E-state index in [-0.39, 0.29) is 7.43 Å². The van der Waals surface area contributed by atoms with Crippen molar-refractivity contribution in [2.24, 2.45) is 0 Å². The number of aromatic nitrogens is 8. The second-order valence-corrected chi connectivity index (χ2v) is 29.4. The van der Waals surface area contributed by atoms with E-state index in [0.717, 1.165) is 100 Å². The number of fused-ring (bicyclic) bond motifs is 12. The van der Waals surface area contributed by atoms with Crippen molar-refractivity contribution in [3.63, 3.8) is 0 Å². The molecule has 0 bridgehead atoms. The van der Waals surface area contributed by atoms with Gasteiger partial charge in [0.2, 0.25) is 0 Å². The summed E-state index contributed by atoms with van der Waals surface area (Å²) < 4.78 is 9.84. The van der Waals surface area contributed by atoms with E-state index in [9.17, 15) is 0 Å². The summed E-state index contributed by atoms with van der Waals surface area (Å²) in [6, 6.07) is 50.2. The minimum Gasteiger partial charge on any atom is -0.327 e. The lowest BCUT2D eigenvalue weighted by molar-refractivity contribution is 0.0867. The largest absolute Gasteiger partial charge is 0.327 e. The molecule has 4 fully saturated rings. The summed E-state index contributed by atoms with van der Waals surface area (Å²) in [5.74, 6) is 5.07. The third kappa shape index (κ3) is 12.9. The normalized spacial score (nSPS) is 22.5. The first-order valence-corrected chi connectivity index (χ1v) is 35.9. The third-order valence-corrected chi connectivity index (χ3v) is 23.0. The second-order valence-electron chi connectivity index (χ2n) is 29.4. The molecule has 0 radical (unpaired) electrons.